The van der Waals surface area contributed by atoms with Crippen LogP contribution in [0, 0.1) is 0 Å². The first-order valence-electron chi connectivity index (χ1n) is 4.01. The molecule has 0 amide bonds. The van der Waals surface area contributed by atoms with Gasteiger partial charge in [0.15, 0.2) is 0 Å². The van der Waals surface area contributed by atoms with E-state index < -0.39 is 6.92 Å². The number of hydrogen-bond acceptors (Lipinski definition) is 3. The van der Waals surface area contributed by atoms with Crippen LogP contribution >= 0.6 is 0 Å². The molecule has 68 valence electrons. The van der Waals surface area contributed by atoms with Crippen LogP contribution in [0.4, 0.5) is 0 Å². The van der Waals surface area contributed by atoms with Gasteiger partial charge in [-0.05, 0) is 17.6 Å². The van der Waals surface area contributed by atoms with Gasteiger partial charge in [-0.25, -0.2) is 4.79 Å². The van der Waals surface area contributed by atoms with Crippen molar-refractivity contribution in [1.29, 1.82) is 0 Å². The van der Waals surface area contributed by atoms with Crippen LogP contribution in [0.15, 0.2) is 24.3 Å². The highest BCUT2D eigenvalue weighted by Gasteiger charge is 2.08. The van der Waals surface area contributed by atoms with E-state index in [1.807, 2.05) is 0 Å². The first-order valence-corrected chi connectivity index (χ1v) is 4.01. The topological polar surface area (TPSA) is 46.5 Å². The van der Waals surface area contributed by atoms with Crippen LogP contribution in [0.5, 0.6) is 0 Å². The maximum absolute atomic E-state index is 11.0. The average Bonchev–Trinajstić information content (AvgIpc) is 2.17. The number of esters is 1. The quantitative estimate of drug-likeness (QED) is 0.523. The summed E-state index contributed by atoms with van der Waals surface area (Å²) < 4.78 is 4.54. The van der Waals surface area contributed by atoms with Gasteiger partial charge in [-0.3, -0.25) is 0 Å². The molecule has 13 heavy (non-hydrogen) atoms. The largest absolute Gasteiger partial charge is 0.465 e. The molecule has 1 N–H and O–H groups in total. The number of carbonyl (C=O) groups is 1. The number of hydrogen-bond donors (Lipinski definition) is 1. The van der Waals surface area contributed by atoms with Crippen LogP contribution in [0.1, 0.15) is 10.4 Å². The van der Waals surface area contributed by atoms with Crippen molar-refractivity contribution in [2.75, 3.05) is 7.11 Å². The third-order valence-electron chi connectivity index (χ3n) is 1.81. The standard InChI is InChI=1S/C9H11BO3/c1-10(12)8-5-3-7(4-6-8)9(11)13-2/h3-6,12H,1-2H3. The minimum absolute atomic E-state index is 0.364. The number of rotatable bonds is 2. The molecular weight excluding hydrogens is 167 g/mol. The molecule has 0 aliphatic heterocycles. The number of methoxy groups -OCH3 is 1. The molecular formula is C9H11BO3. The summed E-state index contributed by atoms with van der Waals surface area (Å²) in [6.07, 6.45) is 0. The average molecular weight is 178 g/mol. The summed E-state index contributed by atoms with van der Waals surface area (Å²) in [5.41, 5.74) is 1.28. The first kappa shape index (κ1) is 9.80. The van der Waals surface area contributed by atoms with Crippen LogP contribution in [0.25, 0.3) is 0 Å². The van der Waals surface area contributed by atoms with E-state index >= 15 is 0 Å². The van der Waals surface area contributed by atoms with Gasteiger partial charge in [0.1, 0.15) is 0 Å². The molecule has 0 unspecified atom stereocenters. The maximum Gasteiger partial charge on any atom is 0.337 e. The SMILES string of the molecule is COC(=O)c1ccc(B(C)O)cc1. The Morgan fingerprint density at radius 3 is 2.31 bits per heavy atom. The lowest BCUT2D eigenvalue weighted by molar-refractivity contribution is 0.0601. The molecule has 0 saturated carbocycles. The molecule has 0 aliphatic carbocycles. The molecule has 3 nitrogen and oxygen atoms in total. The van der Waals surface area contributed by atoms with Crippen LogP contribution in [-0.2, 0) is 4.74 Å². The van der Waals surface area contributed by atoms with E-state index in [-0.39, 0.29) is 5.97 Å². The Morgan fingerprint density at radius 1 is 1.38 bits per heavy atom. The van der Waals surface area contributed by atoms with E-state index in [4.69, 9.17) is 0 Å². The molecule has 0 aliphatic rings. The molecule has 0 saturated heterocycles. The summed E-state index contributed by atoms with van der Waals surface area (Å²) in [5, 5.41) is 9.19. The second kappa shape index (κ2) is 4.09. The number of benzene rings is 1. The van der Waals surface area contributed by atoms with E-state index in [0.717, 1.165) is 5.46 Å². The molecule has 1 rings (SSSR count). The Hall–Kier alpha value is -1.29. The molecule has 4 heteroatoms. The van der Waals surface area contributed by atoms with E-state index in [1.165, 1.54) is 7.11 Å². The Balaban J connectivity index is 2.87. The fourth-order valence-electron chi connectivity index (χ4n) is 1.02. The fourth-order valence-corrected chi connectivity index (χ4v) is 1.02. The summed E-state index contributed by atoms with van der Waals surface area (Å²) in [7, 11) is 1.34. The van der Waals surface area contributed by atoms with Crippen molar-refractivity contribution in [2.45, 2.75) is 6.82 Å². The third-order valence-corrected chi connectivity index (χ3v) is 1.81. The van der Waals surface area contributed by atoms with E-state index in [0.29, 0.717) is 5.56 Å². The van der Waals surface area contributed by atoms with Crippen LogP contribution in [0.3, 0.4) is 0 Å². The molecule has 0 fully saturated rings. The zero-order valence-electron chi connectivity index (χ0n) is 7.65. The zero-order valence-corrected chi connectivity index (χ0v) is 7.65. The van der Waals surface area contributed by atoms with Crippen molar-refractivity contribution in [3.63, 3.8) is 0 Å². The van der Waals surface area contributed by atoms with Crippen molar-refractivity contribution >= 4 is 18.3 Å². The molecule has 0 heterocycles. The predicted molar refractivity (Wildman–Crippen MR) is 51.3 cm³/mol. The Morgan fingerprint density at radius 2 is 1.92 bits per heavy atom. The first-order chi connectivity index (χ1) is 6.15. The Labute approximate surface area is 77.5 Å². The summed E-state index contributed by atoms with van der Waals surface area (Å²) in [4.78, 5) is 11.0. The van der Waals surface area contributed by atoms with E-state index in [9.17, 15) is 9.82 Å². The molecule has 0 bridgehead atoms. The lowest BCUT2D eigenvalue weighted by atomic mass is 9.64. The van der Waals surface area contributed by atoms with Crippen molar-refractivity contribution in [3.8, 4) is 0 Å². The second-order valence-corrected chi connectivity index (χ2v) is 2.79. The number of carbonyl (C=O) groups excluding carboxylic acids is 1. The van der Waals surface area contributed by atoms with Gasteiger partial charge in [0, 0.05) is 0 Å². The predicted octanol–water partition coefficient (Wildman–Crippen LogP) is 0.294. The zero-order chi connectivity index (χ0) is 9.84. The smallest absolute Gasteiger partial charge is 0.337 e. The highest BCUT2D eigenvalue weighted by molar-refractivity contribution is 6.64. The maximum atomic E-state index is 11.0. The van der Waals surface area contributed by atoms with Gasteiger partial charge in [0.2, 0.25) is 0 Å². The van der Waals surface area contributed by atoms with E-state index in [1.54, 1.807) is 31.1 Å². The molecule has 1 aromatic carbocycles. The monoisotopic (exact) mass is 178 g/mol. The highest BCUT2D eigenvalue weighted by atomic mass is 16.5. The van der Waals surface area contributed by atoms with Gasteiger partial charge < -0.3 is 9.76 Å². The van der Waals surface area contributed by atoms with Crippen molar-refractivity contribution in [3.05, 3.63) is 29.8 Å². The minimum Gasteiger partial charge on any atom is -0.465 e. The van der Waals surface area contributed by atoms with Crippen molar-refractivity contribution < 1.29 is 14.6 Å². The summed E-state index contributed by atoms with van der Waals surface area (Å²) >= 11 is 0. The molecule has 1 aromatic rings. The van der Waals surface area contributed by atoms with Gasteiger partial charge in [0.05, 0.1) is 12.7 Å². The van der Waals surface area contributed by atoms with Gasteiger partial charge in [0.25, 0.3) is 0 Å². The van der Waals surface area contributed by atoms with Gasteiger partial charge in [-0.15, -0.1) is 0 Å². The Kier molecular flexibility index (Phi) is 3.09. The van der Waals surface area contributed by atoms with Crippen LogP contribution in [0.2, 0.25) is 6.82 Å². The fraction of sp³-hybridized carbons (Fsp3) is 0.222. The molecule has 0 spiro atoms. The minimum atomic E-state index is -0.508. The Bertz CT molecular complexity index is 292. The van der Waals surface area contributed by atoms with Crippen molar-refractivity contribution in [2.24, 2.45) is 0 Å². The second-order valence-electron chi connectivity index (χ2n) is 2.79. The van der Waals surface area contributed by atoms with Gasteiger partial charge in [-0.1, -0.05) is 19.0 Å². The third kappa shape index (κ3) is 2.32. The molecule has 0 radical (unpaired) electrons. The normalized spacial score (nSPS) is 9.46. The lowest BCUT2D eigenvalue weighted by Gasteiger charge is -2.02. The van der Waals surface area contributed by atoms with E-state index in [2.05, 4.69) is 4.74 Å². The summed E-state index contributed by atoms with van der Waals surface area (Å²) in [6, 6.07) is 6.68. The van der Waals surface area contributed by atoms with Crippen molar-refractivity contribution in [1.82, 2.24) is 0 Å². The number of ether oxygens (including phenoxy) is 1. The summed E-state index contributed by atoms with van der Waals surface area (Å²) in [6.45, 7) is 1.17. The highest BCUT2D eigenvalue weighted by Crippen LogP contribution is 1.99. The molecule has 0 atom stereocenters. The molecule has 0 aromatic heterocycles. The lowest BCUT2D eigenvalue weighted by Crippen LogP contribution is -2.25. The van der Waals surface area contributed by atoms with Gasteiger partial charge in [-0.2, -0.15) is 0 Å². The van der Waals surface area contributed by atoms with Crippen LogP contribution < -0.4 is 5.46 Å². The van der Waals surface area contributed by atoms with Gasteiger partial charge >= 0.3 is 12.9 Å². The van der Waals surface area contributed by atoms with Crippen LogP contribution in [-0.4, -0.2) is 25.0 Å². The summed E-state index contributed by atoms with van der Waals surface area (Å²) in [5.74, 6) is -0.364.